The molecule has 1 heterocycles. The second kappa shape index (κ2) is 4.23. The third-order valence-electron chi connectivity index (χ3n) is 1.97. The lowest BCUT2D eigenvalue weighted by Gasteiger charge is -2.08. The Bertz CT molecular complexity index is 227. The first-order chi connectivity index (χ1) is 6.13. The zero-order valence-electron chi connectivity index (χ0n) is 7.78. The van der Waals surface area contributed by atoms with Crippen LogP contribution in [0.1, 0.15) is 13.3 Å². The highest BCUT2D eigenvalue weighted by atomic mass is 16.5. The third kappa shape index (κ3) is 2.69. The largest absolute Gasteiger partial charge is 0.480 e. The van der Waals surface area contributed by atoms with Crippen molar-refractivity contribution in [1.82, 2.24) is 5.32 Å². The van der Waals surface area contributed by atoms with Crippen LogP contribution in [0.3, 0.4) is 0 Å². The Morgan fingerprint density at radius 3 is 3.08 bits per heavy atom. The van der Waals surface area contributed by atoms with E-state index in [1.807, 2.05) is 14.0 Å². The molecule has 0 aromatic heterocycles. The van der Waals surface area contributed by atoms with E-state index < -0.39 is 12.0 Å². The molecule has 1 rings (SSSR count). The number of carboxylic acids is 1. The number of aliphatic carboxylic acids is 1. The first-order valence-electron chi connectivity index (χ1n) is 4.23. The van der Waals surface area contributed by atoms with Gasteiger partial charge in [0.25, 0.3) is 0 Å². The molecule has 5 heteroatoms. The number of carboxylic acid groups (broad SMARTS) is 1. The monoisotopic (exact) mass is 186 g/mol. The van der Waals surface area contributed by atoms with Gasteiger partial charge in [0.2, 0.25) is 0 Å². The lowest BCUT2D eigenvalue weighted by molar-refractivity contribution is -0.138. The maximum Gasteiger partial charge on any atom is 0.332 e. The lowest BCUT2D eigenvalue weighted by atomic mass is 10.2. The van der Waals surface area contributed by atoms with E-state index in [0.29, 0.717) is 12.3 Å². The van der Waals surface area contributed by atoms with Crippen molar-refractivity contribution in [1.29, 1.82) is 0 Å². The summed E-state index contributed by atoms with van der Waals surface area (Å²) in [7, 11) is 1.84. The quantitative estimate of drug-likeness (QED) is 0.641. The first-order valence-corrected chi connectivity index (χ1v) is 4.23. The van der Waals surface area contributed by atoms with Gasteiger partial charge in [0.05, 0.1) is 0 Å². The molecule has 0 aliphatic carbocycles. The Labute approximate surface area is 76.8 Å². The van der Waals surface area contributed by atoms with Crippen molar-refractivity contribution in [2.24, 2.45) is 4.99 Å². The van der Waals surface area contributed by atoms with Gasteiger partial charge in [-0.1, -0.05) is 0 Å². The van der Waals surface area contributed by atoms with Gasteiger partial charge in [-0.3, -0.25) is 0 Å². The summed E-state index contributed by atoms with van der Waals surface area (Å²) in [6.07, 6.45) is 0.639. The van der Waals surface area contributed by atoms with Gasteiger partial charge >= 0.3 is 5.97 Å². The maximum atomic E-state index is 10.5. The van der Waals surface area contributed by atoms with E-state index in [9.17, 15) is 4.79 Å². The molecular weight excluding hydrogens is 172 g/mol. The van der Waals surface area contributed by atoms with Crippen molar-refractivity contribution >= 4 is 11.9 Å². The molecule has 1 aliphatic rings. The standard InChI is InChI=1S/C8H14N2O3/c1-5(9-2)3-7-10-6(4-13-7)8(11)12/h5-6,9H,3-4H2,1-2H3,(H,11,12). The Balaban J connectivity index is 2.45. The minimum absolute atomic E-state index is 0.168. The van der Waals surface area contributed by atoms with E-state index in [1.165, 1.54) is 0 Å². The first kappa shape index (κ1) is 9.98. The van der Waals surface area contributed by atoms with Crippen molar-refractivity contribution in [3.05, 3.63) is 0 Å². The number of hydrogen-bond acceptors (Lipinski definition) is 4. The van der Waals surface area contributed by atoms with Crippen LogP contribution in [0.15, 0.2) is 4.99 Å². The van der Waals surface area contributed by atoms with Crippen LogP contribution in [-0.2, 0) is 9.53 Å². The number of carbonyl (C=O) groups is 1. The van der Waals surface area contributed by atoms with Crippen LogP contribution < -0.4 is 5.32 Å². The normalized spacial score (nSPS) is 23.5. The number of ether oxygens (including phenoxy) is 1. The van der Waals surface area contributed by atoms with Gasteiger partial charge in [-0.15, -0.1) is 0 Å². The molecule has 0 radical (unpaired) electrons. The molecule has 2 unspecified atom stereocenters. The fourth-order valence-electron chi connectivity index (χ4n) is 1.03. The summed E-state index contributed by atoms with van der Waals surface area (Å²) in [5, 5.41) is 11.6. The van der Waals surface area contributed by atoms with Gasteiger partial charge in [0.1, 0.15) is 6.61 Å². The summed E-state index contributed by atoms with van der Waals surface area (Å²) in [4.78, 5) is 14.4. The summed E-state index contributed by atoms with van der Waals surface area (Å²) in [5.41, 5.74) is 0. The summed E-state index contributed by atoms with van der Waals surface area (Å²) >= 11 is 0. The molecule has 13 heavy (non-hydrogen) atoms. The molecule has 0 saturated heterocycles. The zero-order valence-corrected chi connectivity index (χ0v) is 7.78. The van der Waals surface area contributed by atoms with Crippen molar-refractivity contribution in [2.45, 2.75) is 25.4 Å². The molecule has 0 aromatic rings. The molecule has 5 nitrogen and oxygen atoms in total. The predicted molar refractivity (Wildman–Crippen MR) is 47.9 cm³/mol. The van der Waals surface area contributed by atoms with Crippen LogP contribution >= 0.6 is 0 Å². The molecule has 0 saturated carbocycles. The van der Waals surface area contributed by atoms with Gasteiger partial charge < -0.3 is 15.2 Å². The smallest absolute Gasteiger partial charge is 0.332 e. The minimum atomic E-state index is -0.924. The molecule has 0 bridgehead atoms. The Hall–Kier alpha value is -1.10. The van der Waals surface area contributed by atoms with Crippen molar-refractivity contribution in [3.63, 3.8) is 0 Å². The molecule has 0 amide bonds. The molecular formula is C8H14N2O3. The van der Waals surface area contributed by atoms with Crippen LogP contribution in [0.5, 0.6) is 0 Å². The highest BCUT2D eigenvalue weighted by Gasteiger charge is 2.25. The van der Waals surface area contributed by atoms with Crippen molar-refractivity contribution < 1.29 is 14.6 Å². The van der Waals surface area contributed by atoms with Crippen LogP contribution in [-0.4, -0.2) is 42.7 Å². The molecule has 0 spiro atoms. The topological polar surface area (TPSA) is 70.9 Å². The Morgan fingerprint density at radius 1 is 1.92 bits per heavy atom. The summed E-state index contributed by atoms with van der Waals surface area (Å²) < 4.78 is 5.13. The second-order valence-corrected chi connectivity index (χ2v) is 3.08. The third-order valence-corrected chi connectivity index (χ3v) is 1.97. The van der Waals surface area contributed by atoms with Crippen molar-refractivity contribution in [3.8, 4) is 0 Å². The molecule has 1 aliphatic heterocycles. The number of rotatable bonds is 4. The number of nitrogens with one attached hydrogen (secondary N) is 1. The average molecular weight is 186 g/mol. The zero-order chi connectivity index (χ0) is 9.84. The predicted octanol–water partition coefficient (Wildman–Crippen LogP) is -0.134. The highest BCUT2D eigenvalue weighted by molar-refractivity contribution is 5.84. The number of nitrogens with zero attached hydrogens (tertiary/aromatic N) is 1. The van der Waals surface area contributed by atoms with Gasteiger partial charge in [-0.05, 0) is 14.0 Å². The van der Waals surface area contributed by atoms with E-state index >= 15 is 0 Å². The SMILES string of the molecule is CNC(C)CC1=NC(C(=O)O)CO1. The van der Waals surface area contributed by atoms with Gasteiger partial charge in [0, 0.05) is 12.5 Å². The molecule has 2 N–H and O–H groups in total. The van der Waals surface area contributed by atoms with Gasteiger partial charge in [-0.2, -0.15) is 0 Å². The van der Waals surface area contributed by atoms with Gasteiger partial charge in [0.15, 0.2) is 11.9 Å². The van der Waals surface area contributed by atoms with Crippen LogP contribution in [0.2, 0.25) is 0 Å². The molecule has 74 valence electrons. The molecule has 2 atom stereocenters. The second-order valence-electron chi connectivity index (χ2n) is 3.08. The Morgan fingerprint density at radius 2 is 2.62 bits per heavy atom. The van der Waals surface area contributed by atoms with Crippen LogP contribution in [0.4, 0.5) is 0 Å². The van der Waals surface area contributed by atoms with E-state index in [-0.39, 0.29) is 12.6 Å². The van der Waals surface area contributed by atoms with E-state index in [4.69, 9.17) is 9.84 Å². The highest BCUT2D eigenvalue weighted by Crippen LogP contribution is 2.08. The molecule has 0 aromatic carbocycles. The fourth-order valence-corrected chi connectivity index (χ4v) is 1.03. The Kier molecular flexibility index (Phi) is 3.25. The maximum absolute atomic E-state index is 10.5. The van der Waals surface area contributed by atoms with E-state index in [0.717, 1.165) is 0 Å². The van der Waals surface area contributed by atoms with Crippen LogP contribution in [0.25, 0.3) is 0 Å². The summed E-state index contributed by atoms with van der Waals surface area (Å²) in [5.74, 6) is -0.388. The average Bonchev–Trinajstić information content (AvgIpc) is 2.52. The number of aliphatic imine (C=N–C) groups is 1. The van der Waals surface area contributed by atoms with E-state index in [2.05, 4.69) is 10.3 Å². The number of hydrogen-bond donors (Lipinski definition) is 2. The van der Waals surface area contributed by atoms with Crippen LogP contribution in [0, 0.1) is 0 Å². The summed E-state index contributed by atoms with van der Waals surface area (Å²) in [6, 6.07) is -0.453. The molecule has 0 fully saturated rings. The summed E-state index contributed by atoms with van der Waals surface area (Å²) in [6.45, 7) is 2.15. The van der Waals surface area contributed by atoms with Gasteiger partial charge in [-0.25, -0.2) is 9.79 Å². The minimum Gasteiger partial charge on any atom is -0.480 e. The van der Waals surface area contributed by atoms with Crippen molar-refractivity contribution in [2.75, 3.05) is 13.7 Å². The van der Waals surface area contributed by atoms with E-state index in [1.54, 1.807) is 0 Å². The lowest BCUT2D eigenvalue weighted by Crippen LogP contribution is -2.24. The fraction of sp³-hybridized carbons (Fsp3) is 0.750.